The maximum absolute atomic E-state index is 6.44. The molecule has 1 heterocycles. The van der Waals surface area contributed by atoms with E-state index < -0.39 is 0 Å². The lowest BCUT2D eigenvalue weighted by Gasteiger charge is -2.42. The van der Waals surface area contributed by atoms with E-state index in [1.54, 1.807) is 0 Å². The molecule has 2 atom stereocenters. The van der Waals surface area contributed by atoms with Crippen LogP contribution in [-0.4, -0.2) is 27.1 Å². The summed E-state index contributed by atoms with van der Waals surface area (Å²) in [5, 5.41) is 0. The fraction of sp³-hybridized carbons (Fsp3) is 1.00. The molecule has 1 aliphatic heterocycles. The zero-order valence-electron chi connectivity index (χ0n) is 16.8. The maximum Gasteiger partial charge on any atom is 0.461 e. The molecule has 2 fully saturated rings. The second kappa shape index (κ2) is 6.84. The highest BCUT2D eigenvalue weighted by molar-refractivity contribution is 6.59. The molecule has 1 saturated carbocycles. The van der Waals surface area contributed by atoms with Crippen molar-refractivity contribution in [2.24, 2.45) is 11.3 Å². The maximum atomic E-state index is 6.44. The highest BCUT2D eigenvalue weighted by Gasteiger charge is 2.56. The quantitative estimate of drug-likeness (QED) is 0.589. The molecule has 0 aromatic rings. The van der Waals surface area contributed by atoms with Gasteiger partial charge in [0.2, 0.25) is 0 Å². The molecule has 0 spiro atoms. The molecule has 1 aliphatic carbocycles. The van der Waals surface area contributed by atoms with E-state index in [0.29, 0.717) is 11.2 Å². The lowest BCUT2D eigenvalue weighted by atomic mass is 9.55. The number of hydrogen-bond acceptors (Lipinski definition) is 2. The van der Waals surface area contributed by atoms with E-state index in [4.69, 9.17) is 9.31 Å². The van der Waals surface area contributed by atoms with Crippen molar-refractivity contribution in [2.75, 3.05) is 0 Å². The van der Waals surface area contributed by atoms with Crippen LogP contribution in [0.25, 0.3) is 0 Å². The number of hydrogen-bond donors (Lipinski definition) is 0. The van der Waals surface area contributed by atoms with Crippen LogP contribution in [0.2, 0.25) is 23.9 Å². The highest BCUT2D eigenvalue weighted by atomic mass is 28.3. The molecule has 0 amide bonds. The molecule has 2 nitrogen and oxygen atoms in total. The van der Waals surface area contributed by atoms with Crippen LogP contribution in [0.5, 0.6) is 0 Å². The molecular weight excluding hydrogens is 299 g/mol. The van der Waals surface area contributed by atoms with Gasteiger partial charge in [-0.1, -0.05) is 52.2 Å². The minimum atomic E-state index is -0.201. The molecular formula is C19H38BO2Si. The first-order chi connectivity index (χ1) is 10.5. The molecule has 0 aromatic carbocycles. The van der Waals surface area contributed by atoms with Crippen molar-refractivity contribution in [1.29, 1.82) is 0 Å². The minimum absolute atomic E-state index is 0.00179. The molecule has 2 rings (SSSR count). The predicted molar refractivity (Wildman–Crippen MR) is 102 cm³/mol. The summed E-state index contributed by atoms with van der Waals surface area (Å²) in [6.45, 7) is 18.4. The Morgan fingerprint density at radius 3 is 1.96 bits per heavy atom. The van der Waals surface area contributed by atoms with Crippen molar-refractivity contribution >= 4 is 15.9 Å². The largest absolute Gasteiger partial charge is 0.461 e. The van der Waals surface area contributed by atoms with Gasteiger partial charge in [0.25, 0.3) is 0 Å². The van der Waals surface area contributed by atoms with Crippen LogP contribution in [0, 0.1) is 11.3 Å². The van der Waals surface area contributed by atoms with Gasteiger partial charge in [-0.2, -0.15) is 0 Å². The van der Waals surface area contributed by atoms with Gasteiger partial charge >= 0.3 is 7.12 Å². The van der Waals surface area contributed by atoms with Crippen molar-refractivity contribution in [2.45, 2.75) is 110 Å². The minimum Gasteiger partial charge on any atom is -0.403 e. The summed E-state index contributed by atoms with van der Waals surface area (Å²) in [6, 6.07) is 4.23. The Hall–Kier alpha value is 0.202. The third-order valence-corrected chi connectivity index (χ3v) is 9.85. The van der Waals surface area contributed by atoms with Crippen LogP contribution in [0.15, 0.2) is 0 Å². The second-order valence-corrected chi connectivity index (χ2v) is 12.9. The Bertz CT molecular complexity index is 388. The Kier molecular flexibility index (Phi) is 5.81. The van der Waals surface area contributed by atoms with E-state index in [-0.39, 0.29) is 27.1 Å². The molecule has 1 radical (unpaired) electrons. The van der Waals surface area contributed by atoms with E-state index in [1.165, 1.54) is 37.4 Å². The molecule has 4 heteroatoms. The third kappa shape index (κ3) is 4.24. The van der Waals surface area contributed by atoms with E-state index >= 15 is 0 Å². The van der Waals surface area contributed by atoms with Gasteiger partial charge in [-0.05, 0) is 57.7 Å². The molecule has 23 heavy (non-hydrogen) atoms. The molecule has 1 saturated heterocycles. The standard InChI is InChI=1S/C19H38BO2Si/c1-9-23(10-2)14-15-13-17(3,4)12-11-16(15)20-21-18(5,6)19(7,8)22-20/h15-16H,9-14H2,1-8H3/t15-,16+/m0/s1. The van der Waals surface area contributed by atoms with Crippen LogP contribution in [-0.2, 0) is 9.31 Å². The smallest absolute Gasteiger partial charge is 0.403 e. The second-order valence-electron chi connectivity index (χ2n) is 9.62. The zero-order chi connectivity index (χ0) is 17.5. The Morgan fingerprint density at radius 1 is 0.957 bits per heavy atom. The van der Waals surface area contributed by atoms with Crippen LogP contribution < -0.4 is 0 Å². The summed E-state index contributed by atoms with van der Waals surface area (Å²) in [6.07, 6.45) is 3.91. The average Bonchev–Trinajstić information content (AvgIpc) is 2.63. The summed E-state index contributed by atoms with van der Waals surface area (Å²) in [5.41, 5.74) is 0.0935. The molecule has 0 aromatic heterocycles. The molecule has 133 valence electrons. The van der Waals surface area contributed by atoms with Gasteiger partial charge in [-0.25, -0.2) is 0 Å². The lowest BCUT2D eigenvalue weighted by Crippen LogP contribution is -2.41. The van der Waals surface area contributed by atoms with Crippen molar-refractivity contribution in [1.82, 2.24) is 0 Å². The fourth-order valence-corrected chi connectivity index (χ4v) is 6.58. The first kappa shape index (κ1) is 19.5. The highest BCUT2D eigenvalue weighted by Crippen LogP contribution is 2.52. The van der Waals surface area contributed by atoms with E-state index in [0.717, 1.165) is 5.92 Å². The topological polar surface area (TPSA) is 18.5 Å². The van der Waals surface area contributed by atoms with Crippen LogP contribution in [0.3, 0.4) is 0 Å². The summed E-state index contributed by atoms with van der Waals surface area (Å²) < 4.78 is 12.9. The molecule has 2 aliphatic rings. The van der Waals surface area contributed by atoms with Gasteiger partial charge in [-0.15, -0.1) is 0 Å². The normalized spacial score (nSPS) is 32.5. The van der Waals surface area contributed by atoms with Crippen LogP contribution >= 0.6 is 0 Å². The van der Waals surface area contributed by atoms with E-state index in [1.807, 2.05) is 0 Å². The Morgan fingerprint density at radius 2 is 1.48 bits per heavy atom. The van der Waals surface area contributed by atoms with Crippen molar-refractivity contribution in [3.63, 3.8) is 0 Å². The summed E-state index contributed by atoms with van der Waals surface area (Å²) >= 11 is 0. The summed E-state index contributed by atoms with van der Waals surface area (Å²) in [5.74, 6) is 1.37. The fourth-order valence-electron chi connectivity index (χ4n) is 4.31. The lowest BCUT2D eigenvalue weighted by molar-refractivity contribution is 0.00578. The van der Waals surface area contributed by atoms with Gasteiger partial charge in [0.1, 0.15) is 0 Å². The number of rotatable bonds is 5. The molecule has 0 unspecified atom stereocenters. The SMILES string of the molecule is CC[Si](CC)C[C@@H]1CC(C)(C)CC[C@H]1B1OC(C)(C)C(C)(C)O1. The predicted octanol–water partition coefficient (Wildman–Crippen LogP) is 5.81. The van der Waals surface area contributed by atoms with Crippen LogP contribution in [0.4, 0.5) is 0 Å². The van der Waals surface area contributed by atoms with Gasteiger partial charge in [0.05, 0.1) is 11.2 Å². The Balaban J connectivity index is 2.15. The van der Waals surface area contributed by atoms with Crippen molar-refractivity contribution in [3.05, 3.63) is 0 Å². The molecule has 0 N–H and O–H groups in total. The molecule has 0 bridgehead atoms. The Labute approximate surface area is 146 Å². The van der Waals surface area contributed by atoms with Crippen LogP contribution in [0.1, 0.15) is 74.7 Å². The van der Waals surface area contributed by atoms with Gasteiger partial charge in [0.15, 0.2) is 0 Å². The van der Waals surface area contributed by atoms with Gasteiger partial charge < -0.3 is 9.31 Å². The summed E-state index contributed by atoms with van der Waals surface area (Å²) in [7, 11) is -0.203. The average molecular weight is 337 g/mol. The van der Waals surface area contributed by atoms with E-state index in [9.17, 15) is 0 Å². The first-order valence-electron chi connectivity index (χ1n) is 9.70. The van der Waals surface area contributed by atoms with Crippen molar-refractivity contribution in [3.8, 4) is 0 Å². The first-order valence-corrected chi connectivity index (χ1v) is 11.8. The monoisotopic (exact) mass is 337 g/mol. The van der Waals surface area contributed by atoms with Gasteiger partial charge in [0, 0.05) is 8.80 Å². The zero-order valence-corrected chi connectivity index (χ0v) is 17.8. The van der Waals surface area contributed by atoms with E-state index in [2.05, 4.69) is 55.4 Å². The summed E-state index contributed by atoms with van der Waals surface area (Å²) in [4.78, 5) is 0. The third-order valence-electron chi connectivity index (χ3n) is 6.75. The van der Waals surface area contributed by atoms with Crippen molar-refractivity contribution < 1.29 is 9.31 Å². The van der Waals surface area contributed by atoms with Gasteiger partial charge in [-0.3, -0.25) is 0 Å².